The number of urea groups is 1. The van der Waals surface area contributed by atoms with E-state index in [0.29, 0.717) is 35.4 Å². The first-order chi connectivity index (χ1) is 15.0. The number of methoxy groups -OCH3 is 1. The molecule has 4 rings (SSSR count). The molecule has 1 N–H and O–H groups in total. The Morgan fingerprint density at radius 3 is 2.74 bits per heavy atom. The number of ether oxygens (including phenoxy) is 1. The number of carbonyl (C=O) groups excluding carboxylic acids is 1. The summed E-state index contributed by atoms with van der Waals surface area (Å²) < 4.78 is 8.29. The summed E-state index contributed by atoms with van der Waals surface area (Å²) in [6.07, 6.45) is 1.65. The summed E-state index contributed by atoms with van der Waals surface area (Å²) in [5, 5.41) is 7.90. The van der Waals surface area contributed by atoms with Crippen LogP contribution in [0.25, 0.3) is 5.69 Å². The molecular weight excluding hydrogens is 418 g/mol. The first-order valence-electron chi connectivity index (χ1n) is 10.1. The van der Waals surface area contributed by atoms with Crippen molar-refractivity contribution in [1.29, 1.82) is 0 Å². The molecule has 1 aromatic heterocycles. The van der Waals surface area contributed by atoms with Crippen LogP contribution in [0, 0.1) is 0 Å². The SMILES string of the molecule is COc1ccc(Cl)cc1NC(=O)N1CCC[C@H](c2nn(C)c(=O)n2-c2ccccc2)C1. The number of carbonyl (C=O) groups is 1. The molecule has 0 saturated carbocycles. The third kappa shape index (κ3) is 4.29. The molecule has 1 saturated heterocycles. The molecule has 0 spiro atoms. The number of anilines is 1. The molecule has 0 radical (unpaired) electrons. The number of nitrogens with one attached hydrogen (secondary N) is 1. The molecule has 2 aromatic carbocycles. The van der Waals surface area contributed by atoms with Gasteiger partial charge in [0, 0.05) is 31.1 Å². The van der Waals surface area contributed by atoms with E-state index in [1.807, 2.05) is 30.3 Å². The van der Waals surface area contributed by atoms with Gasteiger partial charge >= 0.3 is 11.7 Å². The number of hydrogen-bond acceptors (Lipinski definition) is 4. The number of rotatable bonds is 4. The van der Waals surface area contributed by atoms with Crippen LogP contribution in [-0.4, -0.2) is 45.5 Å². The molecule has 162 valence electrons. The van der Waals surface area contributed by atoms with E-state index in [-0.39, 0.29) is 17.6 Å². The molecule has 1 aliphatic heterocycles. The molecule has 0 unspecified atom stereocenters. The fraction of sp³-hybridized carbons (Fsp3) is 0.318. The van der Waals surface area contributed by atoms with E-state index in [1.54, 1.807) is 41.8 Å². The van der Waals surface area contributed by atoms with Crippen LogP contribution in [0.2, 0.25) is 5.02 Å². The lowest BCUT2D eigenvalue weighted by atomic mass is 9.97. The second-order valence-electron chi connectivity index (χ2n) is 7.50. The summed E-state index contributed by atoms with van der Waals surface area (Å²) in [7, 11) is 3.18. The third-order valence-corrected chi connectivity index (χ3v) is 5.68. The maximum Gasteiger partial charge on any atom is 0.350 e. The summed E-state index contributed by atoms with van der Waals surface area (Å²) >= 11 is 6.08. The normalized spacial score (nSPS) is 16.2. The predicted octanol–water partition coefficient (Wildman–Crippen LogP) is 3.64. The van der Waals surface area contributed by atoms with Crippen molar-refractivity contribution in [2.45, 2.75) is 18.8 Å². The topological polar surface area (TPSA) is 81.4 Å². The molecular formula is C22H24ClN5O3. The summed E-state index contributed by atoms with van der Waals surface area (Å²) in [6.45, 7) is 1.08. The lowest BCUT2D eigenvalue weighted by Gasteiger charge is -2.32. The van der Waals surface area contributed by atoms with Gasteiger partial charge in [0.25, 0.3) is 0 Å². The van der Waals surface area contributed by atoms with Crippen molar-refractivity contribution in [3.05, 3.63) is 69.9 Å². The number of aryl methyl sites for hydroxylation is 1. The number of para-hydroxylation sites is 1. The molecule has 1 atom stereocenters. The van der Waals surface area contributed by atoms with Crippen LogP contribution in [0.1, 0.15) is 24.6 Å². The molecule has 3 aromatic rings. The largest absolute Gasteiger partial charge is 0.495 e. The Kier molecular flexibility index (Phi) is 5.99. The fourth-order valence-corrected chi connectivity index (χ4v) is 4.08. The van der Waals surface area contributed by atoms with Gasteiger partial charge in [0.1, 0.15) is 11.6 Å². The number of hydrogen-bond donors (Lipinski definition) is 1. The minimum absolute atomic E-state index is 0.0603. The zero-order valence-corrected chi connectivity index (χ0v) is 18.2. The second kappa shape index (κ2) is 8.85. The van der Waals surface area contributed by atoms with Crippen LogP contribution in [-0.2, 0) is 7.05 Å². The average Bonchev–Trinajstić information content (AvgIpc) is 3.09. The Morgan fingerprint density at radius 1 is 1.23 bits per heavy atom. The van der Waals surface area contributed by atoms with E-state index < -0.39 is 0 Å². The van der Waals surface area contributed by atoms with Crippen LogP contribution < -0.4 is 15.7 Å². The van der Waals surface area contributed by atoms with E-state index in [9.17, 15) is 9.59 Å². The van der Waals surface area contributed by atoms with E-state index in [0.717, 1.165) is 18.5 Å². The lowest BCUT2D eigenvalue weighted by Crippen LogP contribution is -2.42. The maximum atomic E-state index is 13.0. The Morgan fingerprint density at radius 2 is 2.00 bits per heavy atom. The van der Waals surface area contributed by atoms with Gasteiger partial charge in [0.15, 0.2) is 0 Å². The zero-order chi connectivity index (χ0) is 22.0. The van der Waals surface area contributed by atoms with Gasteiger partial charge in [-0.05, 0) is 43.2 Å². The van der Waals surface area contributed by atoms with Crippen LogP contribution >= 0.6 is 11.6 Å². The van der Waals surface area contributed by atoms with Gasteiger partial charge in [-0.15, -0.1) is 0 Å². The van der Waals surface area contributed by atoms with Crippen LogP contribution in [0.3, 0.4) is 0 Å². The van der Waals surface area contributed by atoms with Crippen molar-refractivity contribution in [2.24, 2.45) is 7.05 Å². The van der Waals surface area contributed by atoms with Crippen LogP contribution in [0.5, 0.6) is 5.75 Å². The summed E-state index contributed by atoms with van der Waals surface area (Å²) in [4.78, 5) is 27.4. The Hall–Kier alpha value is -3.26. The molecule has 1 fully saturated rings. The van der Waals surface area contributed by atoms with E-state index in [1.165, 1.54) is 4.68 Å². The van der Waals surface area contributed by atoms with Crippen molar-refractivity contribution >= 4 is 23.3 Å². The molecule has 1 aliphatic rings. The number of aromatic nitrogens is 3. The smallest absolute Gasteiger partial charge is 0.350 e. The monoisotopic (exact) mass is 441 g/mol. The number of halogens is 1. The first kappa shape index (κ1) is 21.0. The molecule has 8 nitrogen and oxygen atoms in total. The number of nitrogens with zero attached hydrogens (tertiary/aromatic N) is 4. The average molecular weight is 442 g/mol. The van der Waals surface area contributed by atoms with E-state index >= 15 is 0 Å². The molecule has 0 aliphatic carbocycles. The summed E-state index contributed by atoms with van der Waals surface area (Å²) in [5.41, 5.74) is 1.08. The van der Waals surface area contributed by atoms with Gasteiger partial charge in [0.2, 0.25) is 0 Å². The Labute approximate surface area is 185 Å². The van der Waals surface area contributed by atoms with Gasteiger partial charge in [-0.25, -0.2) is 18.8 Å². The highest BCUT2D eigenvalue weighted by atomic mass is 35.5. The minimum Gasteiger partial charge on any atom is -0.495 e. The molecule has 0 bridgehead atoms. The van der Waals surface area contributed by atoms with Crippen LogP contribution in [0.15, 0.2) is 53.3 Å². The standard InChI is InChI=1S/C22H24ClN5O3/c1-26-22(30)28(17-8-4-3-5-9-17)20(25-26)15-7-6-12-27(14-15)21(29)24-18-13-16(23)10-11-19(18)31-2/h3-5,8-11,13,15H,6-7,12,14H2,1-2H3,(H,24,29)/t15-/m0/s1. The lowest BCUT2D eigenvalue weighted by molar-refractivity contribution is 0.191. The Balaban J connectivity index is 1.58. The third-order valence-electron chi connectivity index (χ3n) is 5.44. The molecule has 2 amide bonds. The fourth-order valence-electron chi connectivity index (χ4n) is 3.91. The zero-order valence-electron chi connectivity index (χ0n) is 17.4. The summed E-state index contributed by atoms with van der Waals surface area (Å²) in [6, 6.07) is 14.3. The highest BCUT2D eigenvalue weighted by Crippen LogP contribution is 2.30. The van der Waals surface area contributed by atoms with E-state index in [4.69, 9.17) is 16.3 Å². The van der Waals surface area contributed by atoms with Gasteiger partial charge in [-0.2, -0.15) is 5.10 Å². The molecule has 31 heavy (non-hydrogen) atoms. The van der Waals surface area contributed by atoms with Crippen molar-refractivity contribution < 1.29 is 9.53 Å². The van der Waals surface area contributed by atoms with Crippen molar-refractivity contribution in [3.63, 3.8) is 0 Å². The van der Waals surface area contributed by atoms with Gasteiger partial charge in [0.05, 0.1) is 18.5 Å². The van der Waals surface area contributed by atoms with Crippen LogP contribution in [0.4, 0.5) is 10.5 Å². The number of likely N-dealkylation sites (tertiary alicyclic amines) is 1. The van der Waals surface area contributed by atoms with Gasteiger partial charge in [-0.3, -0.25) is 0 Å². The quantitative estimate of drug-likeness (QED) is 0.670. The molecule has 9 heteroatoms. The van der Waals surface area contributed by atoms with Gasteiger partial charge in [-0.1, -0.05) is 29.8 Å². The maximum absolute atomic E-state index is 13.0. The number of benzene rings is 2. The van der Waals surface area contributed by atoms with Gasteiger partial charge < -0.3 is 15.0 Å². The Bertz CT molecular complexity index is 1140. The predicted molar refractivity (Wildman–Crippen MR) is 119 cm³/mol. The minimum atomic E-state index is -0.241. The number of piperidine rings is 1. The summed E-state index contributed by atoms with van der Waals surface area (Å²) in [5.74, 6) is 1.14. The highest BCUT2D eigenvalue weighted by Gasteiger charge is 2.30. The van der Waals surface area contributed by atoms with Crippen molar-refractivity contribution in [3.8, 4) is 11.4 Å². The second-order valence-corrected chi connectivity index (χ2v) is 7.93. The highest BCUT2D eigenvalue weighted by molar-refractivity contribution is 6.31. The molecule has 2 heterocycles. The number of amides is 2. The van der Waals surface area contributed by atoms with E-state index in [2.05, 4.69) is 10.4 Å². The van der Waals surface area contributed by atoms with Crippen molar-refractivity contribution in [2.75, 3.05) is 25.5 Å². The first-order valence-corrected chi connectivity index (χ1v) is 10.5. The van der Waals surface area contributed by atoms with Crippen molar-refractivity contribution in [1.82, 2.24) is 19.2 Å².